The summed E-state index contributed by atoms with van der Waals surface area (Å²) in [5, 5.41) is 45.5. The second-order valence-electron chi connectivity index (χ2n) is 24.1. The number of carbonyl (C=O) groups is 9. The monoisotopic (exact) mass is 1400 g/mol. The molecule has 0 spiro atoms. The van der Waals surface area contributed by atoms with Gasteiger partial charge in [-0.15, -0.1) is 0 Å². The lowest BCUT2D eigenvalue weighted by Gasteiger charge is -2.28. The van der Waals surface area contributed by atoms with Gasteiger partial charge >= 0.3 is 5.63 Å². The number of nitrogens with zero attached hydrogens (tertiary/aromatic N) is 4. The van der Waals surface area contributed by atoms with Gasteiger partial charge in [0.2, 0.25) is 53.2 Å². The first kappa shape index (κ1) is 76.1. The molecule has 4 aromatic carbocycles. The highest BCUT2D eigenvalue weighted by Gasteiger charge is 2.38. The molecule has 7 rings (SSSR count). The maximum Gasteiger partial charge on any atom is 0.336 e. The number of guanidine groups is 1. The zero-order valence-corrected chi connectivity index (χ0v) is 56.6. The minimum atomic E-state index is -1.59. The lowest BCUT2D eigenvalue weighted by molar-refractivity contribution is -0.393. The van der Waals surface area contributed by atoms with Gasteiger partial charge in [-0.25, -0.2) is 4.79 Å². The number of aliphatic imine (C=N–C) groups is 1. The number of carbonyl (C=O) groups excluding carboxylic acids is 9. The zero-order chi connectivity index (χ0) is 72.9. The van der Waals surface area contributed by atoms with Gasteiger partial charge in [-0.1, -0.05) is 44.2 Å². The van der Waals surface area contributed by atoms with Gasteiger partial charge in [0.15, 0.2) is 5.96 Å². The quantitative estimate of drug-likeness (QED) is 0.00668. The zero-order valence-electron chi connectivity index (χ0n) is 55.8. The Labute approximate surface area is 577 Å². The van der Waals surface area contributed by atoms with Crippen molar-refractivity contribution in [1.29, 1.82) is 0 Å². The topological polar surface area (TPSA) is 494 Å². The van der Waals surface area contributed by atoms with E-state index < -0.39 is 135 Å². The molecule has 1 fully saturated rings. The second kappa shape index (κ2) is 35.8. The van der Waals surface area contributed by atoms with Gasteiger partial charge in [0.25, 0.3) is 11.4 Å². The van der Waals surface area contributed by atoms with Gasteiger partial charge in [0.05, 0.1) is 36.6 Å². The largest absolute Gasteiger partial charge is 0.497 e. The van der Waals surface area contributed by atoms with Crippen LogP contribution in [0.4, 0.5) is 17.1 Å². The summed E-state index contributed by atoms with van der Waals surface area (Å²) in [4.78, 5) is 170. The number of primary amides is 1. The summed E-state index contributed by atoms with van der Waals surface area (Å²) in [5.74, 6) is -6.52. The molecular weight excluding hydrogens is 1320 g/mol. The number of nitrogens with one attached hydrogen (secondary N) is 9. The van der Waals surface area contributed by atoms with E-state index in [1.807, 2.05) is 26.0 Å². The van der Waals surface area contributed by atoms with E-state index >= 15 is 0 Å². The third-order valence-electron chi connectivity index (χ3n) is 16.3. The summed E-state index contributed by atoms with van der Waals surface area (Å²) in [5.41, 5.74) is 17.1. The Hall–Kier alpha value is -11.3. The lowest BCUT2D eigenvalue weighted by Crippen LogP contribution is -2.60. The van der Waals surface area contributed by atoms with E-state index in [1.54, 1.807) is 54.7 Å². The summed E-state index contributed by atoms with van der Waals surface area (Å²) in [6, 6.07) is 12.2. The smallest absolute Gasteiger partial charge is 0.336 e. The number of anilines is 1. The number of hydrogen-bond acceptors (Lipinski definition) is 20. The van der Waals surface area contributed by atoms with Crippen LogP contribution in [0.1, 0.15) is 76.5 Å². The average molecular weight is 1400 g/mol. The Morgan fingerprint density at radius 3 is 1.98 bits per heavy atom. The van der Waals surface area contributed by atoms with Crippen molar-refractivity contribution in [2.45, 2.75) is 127 Å². The predicted molar refractivity (Wildman–Crippen MR) is 370 cm³/mol. The van der Waals surface area contributed by atoms with Crippen molar-refractivity contribution < 1.29 is 66.9 Å². The lowest BCUT2D eigenvalue weighted by atomic mass is 10.0. The van der Waals surface area contributed by atoms with E-state index in [4.69, 9.17) is 31.1 Å². The number of benzene rings is 4. The molecule has 534 valence electrons. The summed E-state index contributed by atoms with van der Waals surface area (Å²) in [6.07, 6.45) is 2.01. The number of ether oxygens (including phenoxy) is 2. The molecule has 0 radical (unpaired) electrons. The normalized spacial score (nSPS) is 14.8. The Balaban J connectivity index is 1.07. The number of hydrogen-bond donors (Lipinski definition) is 12. The molecule has 6 aromatic rings. The standard InChI is InChI=1S/C66H82N16O17S/c1-35(2)25-49(77-65(92)53-14-10-24-80(53)56(83)27-39-28-57(84)99-55-30-43(98-6)20-21-45(39)55)62(89)73-37(4)60(87)79-52(34-100-33-38-15-18-42(97-5)19-16-38)64(91)76-50(26-40-31-71-46-12-8-7-11-44(40)46)63(90)74-36(3)59(86)75-48(13-9-23-70-66(68)69)61(88)78-51(58(67)85)32-72-47-22-17-41(81(93)94)29-54(47)82(95)96/h7-8,11-12,15-22,28-31,35-37,48-53,71-72H,9-10,13-14,23-27,32-34H2,1-6H3,(H2,67,85)(H,73,89)(H,74,90)(H,75,86)(H,76,91)(H,77,92)(H,78,88)(H,79,87)(H4,68,69,70). The number of aromatic amines is 1. The number of likely N-dealkylation sites (tertiary alicyclic amines) is 1. The van der Waals surface area contributed by atoms with Crippen molar-refractivity contribution in [3.63, 3.8) is 0 Å². The molecule has 3 heterocycles. The molecule has 1 aliphatic rings. The Kier molecular flexibility index (Phi) is 27.2. The molecule has 15 N–H and O–H groups in total. The van der Waals surface area contributed by atoms with Crippen molar-refractivity contribution in [1.82, 2.24) is 47.1 Å². The van der Waals surface area contributed by atoms with Crippen LogP contribution in [0.5, 0.6) is 11.5 Å². The molecule has 9 amide bonds. The molecule has 1 saturated heterocycles. The summed E-state index contributed by atoms with van der Waals surface area (Å²) in [7, 11) is 2.98. The van der Waals surface area contributed by atoms with Gasteiger partial charge in [-0.05, 0) is 105 Å². The molecule has 0 saturated carbocycles. The predicted octanol–water partition coefficient (Wildman–Crippen LogP) is 1.95. The number of aromatic nitrogens is 1. The molecule has 0 aliphatic carbocycles. The SMILES string of the molecule is COc1ccc(CSCC(NC(=O)C(C)NC(=O)C(CC(C)C)NC(=O)C2CCCN2C(=O)Cc2cc(=O)oc3cc(OC)ccc23)C(=O)NC(Cc2c[nH]c3ccccc23)C(=O)NC(C)C(=O)NC(CCCN=C(N)N)C(=O)NC(CNc2ccc([N+](=O)[O-])cc2[N+](=O)[O-])C(N)=O)cc1. The van der Waals surface area contributed by atoms with Gasteiger partial charge < -0.3 is 83.5 Å². The third kappa shape index (κ3) is 21.3. The van der Waals surface area contributed by atoms with E-state index in [0.29, 0.717) is 57.2 Å². The maximum atomic E-state index is 14.9. The number of H-pyrrole nitrogens is 1. The molecule has 8 unspecified atom stereocenters. The summed E-state index contributed by atoms with van der Waals surface area (Å²) < 4.78 is 15.9. The van der Waals surface area contributed by atoms with Crippen LogP contribution in [0.3, 0.4) is 0 Å². The average Bonchev–Trinajstić information content (AvgIpc) is 1.83. The second-order valence-corrected chi connectivity index (χ2v) is 25.2. The fourth-order valence-electron chi connectivity index (χ4n) is 11.0. The number of amides is 9. The van der Waals surface area contributed by atoms with E-state index in [2.05, 4.69) is 52.5 Å². The fraction of sp³-hybridized carbons (Fsp3) is 0.409. The highest BCUT2D eigenvalue weighted by molar-refractivity contribution is 7.98. The molecule has 33 nitrogen and oxygen atoms in total. The summed E-state index contributed by atoms with van der Waals surface area (Å²) >= 11 is 1.26. The van der Waals surface area contributed by atoms with Crippen LogP contribution in [-0.2, 0) is 61.7 Å². The number of rotatable bonds is 36. The van der Waals surface area contributed by atoms with Crippen LogP contribution in [0.15, 0.2) is 111 Å². The maximum absolute atomic E-state index is 14.9. The minimum absolute atomic E-state index is 0.0233. The number of nitrogens with two attached hydrogens (primary N) is 3. The first-order valence-electron chi connectivity index (χ1n) is 31.9. The van der Waals surface area contributed by atoms with Gasteiger partial charge in [0, 0.05) is 78.2 Å². The van der Waals surface area contributed by atoms with Crippen LogP contribution in [0.2, 0.25) is 0 Å². The van der Waals surface area contributed by atoms with Gasteiger partial charge in [0.1, 0.15) is 71.1 Å². The van der Waals surface area contributed by atoms with Gasteiger partial charge in [-0.2, -0.15) is 11.8 Å². The molecule has 0 bridgehead atoms. The minimum Gasteiger partial charge on any atom is -0.497 e. The van der Waals surface area contributed by atoms with Gasteiger partial charge in [-0.3, -0.25) is 68.4 Å². The molecule has 100 heavy (non-hydrogen) atoms. The van der Waals surface area contributed by atoms with Crippen molar-refractivity contribution in [2.75, 3.05) is 44.9 Å². The first-order chi connectivity index (χ1) is 47.6. The number of fused-ring (bicyclic) bond motifs is 2. The molecular formula is C66H82N16O17S. The summed E-state index contributed by atoms with van der Waals surface area (Å²) in [6.45, 7) is 5.99. The Morgan fingerprint density at radius 2 is 1.33 bits per heavy atom. The fourth-order valence-corrected chi connectivity index (χ4v) is 12.0. The number of nitro benzene ring substituents is 2. The van der Waals surface area contributed by atoms with Crippen LogP contribution in [0, 0.1) is 26.1 Å². The molecule has 34 heteroatoms. The van der Waals surface area contributed by atoms with E-state index in [0.717, 1.165) is 17.7 Å². The molecule has 8 atom stereocenters. The number of para-hydroxylation sites is 1. The molecule has 2 aromatic heterocycles. The number of non-ortho nitro benzene ring substituents is 1. The van der Waals surface area contributed by atoms with Crippen molar-refractivity contribution in [3.8, 4) is 11.5 Å². The van der Waals surface area contributed by atoms with Crippen LogP contribution >= 0.6 is 11.8 Å². The van der Waals surface area contributed by atoms with E-state index in [9.17, 15) is 68.2 Å². The Bertz CT molecular complexity index is 4090. The van der Waals surface area contributed by atoms with Crippen LogP contribution < -0.4 is 74.8 Å². The van der Waals surface area contributed by atoms with Crippen molar-refractivity contribution in [3.05, 3.63) is 145 Å². The number of methoxy groups -OCH3 is 2. The van der Waals surface area contributed by atoms with Crippen LogP contribution in [0.25, 0.3) is 21.9 Å². The van der Waals surface area contributed by atoms with Crippen molar-refractivity contribution in [2.24, 2.45) is 28.1 Å². The highest BCUT2D eigenvalue weighted by Crippen LogP contribution is 2.30. The van der Waals surface area contributed by atoms with Crippen LogP contribution in [-0.4, -0.2) is 167 Å². The van der Waals surface area contributed by atoms with E-state index in [-0.39, 0.29) is 80.5 Å². The first-order valence-corrected chi connectivity index (χ1v) is 33.1. The van der Waals surface area contributed by atoms with Crippen molar-refractivity contribution >= 4 is 110 Å². The third-order valence-corrected chi connectivity index (χ3v) is 17.4. The highest BCUT2D eigenvalue weighted by atomic mass is 32.2. The number of thioether (sulfide) groups is 1. The Morgan fingerprint density at radius 1 is 0.700 bits per heavy atom. The van der Waals surface area contributed by atoms with E-state index in [1.165, 1.54) is 56.9 Å². The number of nitro groups is 2. The molecule has 1 aliphatic heterocycles.